The summed E-state index contributed by atoms with van der Waals surface area (Å²) in [7, 11) is 0. The first-order chi connectivity index (χ1) is 10.6. The van der Waals surface area contributed by atoms with E-state index in [4.69, 9.17) is 0 Å². The van der Waals surface area contributed by atoms with Gasteiger partial charge in [-0.1, -0.05) is 38.8 Å². The maximum atomic E-state index is 13.1. The van der Waals surface area contributed by atoms with Crippen molar-refractivity contribution in [2.24, 2.45) is 5.92 Å². The molecule has 1 aliphatic heterocycles. The Morgan fingerprint density at radius 1 is 1.14 bits per heavy atom. The van der Waals surface area contributed by atoms with Crippen molar-refractivity contribution in [3.63, 3.8) is 0 Å². The van der Waals surface area contributed by atoms with Crippen molar-refractivity contribution >= 4 is 5.91 Å². The van der Waals surface area contributed by atoms with Gasteiger partial charge in [0.1, 0.15) is 5.82 Å². The molecule has 1 saturated heterocycles. The molecule has 1 aliphatic rings. The summed E-state index contributed by atoms with van der Waals surface area (Å²) < 4.78 is 13.1. The fourth-order valence-corrected chi connectivity index (χ4v) is 3.02. The van der Waals surface area contributed by atoms with Crippen LogP contribution in [0.1, 0.15) is 51.1 Å². The van der Waals surface area contributed by atoms with E-state index in [1.54, 1.807) is 12.1 Å². The predicted molar refractivity (Wildman–Crippen MR) is 87.0 cm³/mol. The lowest BCUT2D eigenvalue weighted by atomic mass is 9.96. The van der Waals surface area contributed by atoms with E-state index in [0.29, 0.717) is 6.54 Å². The second-order valence-corrected chi connectivity index (χ2v) is 6.53. The van der Waals surface area contributed by atoms with Gasteiger partial charge in [0.2, 0.25) is 5.91 Å². The van der Waals surface area contributed by atoms with Crippen molar-refractivity contribution in [2.45, 2.75) is 45.6 Å². The van der Waals surface area contributed by atoms with Crippen LogP contribution in [-0.4, -0.2) is 30.4 Å². The third-order valence-corrected chi connectivity index (χ3v) is 4.28. The van der Waals surface area contributed by atoms with E-state index in [1.807, 2.05) is 0 Å². The summed E-state index contributed by atoms with van der Waals surface area (Å²) in [6.45, 7) is 6.62. The lowest BCUT2D eigenvalue weighted by molar-refractivity contribution is -0.123. The minimum absolute atomic E-state index is 0.0601. The van der Waals surface area contributed by atoms with Crippen molar-refractivity contribution in [3.05, 3.63) is 35.6 Å². The molecule has 22 heavy (non-hydrogen) atoms. The van der Waals surface area contributed by atoms with Crippen LogP contribution >= 0.6 is 0 Å². The number of nitrogens with zero attached hydrogens (tertiary/aromatic N) is 1. The van der Waals surface area contributed by atoms with Crippen molar-refractivity contribution < 1.29 is 9.18 Å². The molecule has 4 heteroatoms. The lowest BCUT2D eigenvalue weighted by Gasteiger charge is -2.25. The molecule has 0 aromatic heterocycles. The Morgan fingerprint density at radius 3 is 2.27 bits per heavy atom. The Bertz CT molecular complexity index is 464. The van der Waals surface area contributed by atoms with E-state index in [9.17, 15) is 9.18 Å². The first kappa shape index (κ1) is 16.9. The quantitative estimate of drug-likeness (QED) is 0.903. The molecule has 0 spiro atoms. The van der Waals surface area contributed by atoms with Gasteiger partial charge in [0.15, 0.2) is 0 Å². The van der Waals surface area contributed by atoms with Crippen molar-refractivity contribution in [1.82, 2.24) is 10.2 Å². The molecule has 3 nitrogen and oxygen atoms in total. The smallest absolute Gasteiger partial charge is 0.234 e. The first-order valence-electron chi connectivity index (χ1n) is 8.33. The fraction of sp³-hybridized carbons (Fsp3) is 0.611. The van der Waals surface area contributed by atoms with Gasteiger partial charge in [-0.25, -0.2) is 4.39 Å². The average Bonchev–Trinajstić information content (AvgIpc) is 2.74. The van der Waals surface area contributed by atoms with Gasteiger partial charge in [0.05, 0.1) is 12.6 Å². The number of carbonyl (C=O) groups is 1. The van der Waals surface area contributed by atoms with Gasteiger partial charge in [0.25, 0.3) is 0 Å². The zero-order valence-electron chi connectivity index (χ0n) is 13.6. The molecule has 0 aliphatic carbocycles. The maximum Gasteiger partial charge on any atom is 0.234 e. The van der Waals surface area contributed by atoms with Gasteiger partial charge in [0, 0.05) is 0 Å². The van der Waals surface area contributed by atoms with Crippen LogP contribution in [0.4, 0.5) is 4.39 Å². The molecule has 1 amide bonds. The minimum atomic E-state index is -0.248. The van der Waals surface area contributed by atoms with Gasteiger partial charge in [-0.15, -0.1) is 0 Å². The SMILES string of the molecule is CC(C)C(NC(=O)CN1CCCCCC1)c1ccc(F)cc1. The summed E-state index contributed by atoms with van der Waals surface area (Å²) in [5.41, 5.74) is 0.959. The molecule has 1 heterocycles. The van der Waals surface area contributed by atoms with E-state index in [0.717, 1.165) is 18.7 Å². The topological polar surface area (TPSA) is 32.3 Å². The Hall–Kier alpha value is -1.42. The molecule has 2 rings (SSSR count). The van der Waals surface area contributed by atoms with Crippen LogP contribution in [0.25, 0.3) is 0 Å². The Kier molecular flexibility index (Phi) is 6.37. The summed E-state index contributed by atoms with van der Waals surface area (Å²) in [5, 5.41) is 3.12. The number of halogens is 1. The van der Waals surface area contributed by atoms with E-state index in [2.05, 4.69) is 24.1 Å². The monoisotopic (exact) mass is 306 g/mol. The molecule has 1 unspecified atom stereocenters. The number of hydrogen-bond donors (Lipinski definition) is 1. The zero-order chi connectivity index (χ0) is 15.9. The number of nitrogens with one attached hydrogen (secondary N) is 1. The second kappa shape index (κ2) is 8.28. The molecule has 1 atom stereocenters. The molecule has 1 N–H and O–H groups in total. The molecule has 1 aromatic carbocycles. The third-order valence-electron chi connectivity index (χ3n) is 4.28. The fourth-order valence-electron chi connectivity index (χ4n) is 3.02. The normalized spacial score (nSPS) is 18.0. The number of benzene rings is 1. The lowest BCUT2D eigenvalue weighted by Crippen LogP contribution is -2.40. The third kappa shape index (κ3) is 5.09. The Balaban J connectivity index is 1.95. The van der Waals surface area contributed by atoms with Crippen LogP contribution < -0.4 is 5.32 Å². The van der Waals surface area contributed by atoms with E-state index in [1.165, 1.54) is 37.8 Å². The molecule has 1 fully saturated rings. The van der Waals surface area contributed by atoms with Crippen molar-refractivity contribution in [2.75, 3.05) is 19.6 Å². The van der Waals surface area contributed by atoms with E-state index >= 15 is 0 Å². The van der Waals surface area contributed by atoms with Crippen LogP contribution in [-0.2, 0) is 4.79 Å². The molecule has 0 radical (unpaired) electrons. The van der Waals surface area contributed by atoms with Crippen LogP contribution in [0.2, 0.25) is 0 Å². The number of likely N-dealkylation sites (tertiary alicyclic amines) is 1. The second-order valence-electron chi connectivity index (χ2n) is 6.53. The summed E-state index contributed by atoms with van der Waals surface area (Å²) in [6.07, 6.45) is 4.89. The van der Waals surface area contributed by atoms with Gasteiger partial charge in [-0.05, 0) is 49.5 Å². The Labute approximate surface area is 132 Å². The van der Waals surface area contributed by atoms with Gasteiger partial charge >= 0.3 is 0 Å². The Morgan fingerprint density at radius 2 is 1.73 bits per heavy atom. The summed E-state index contributed by atoms with van der Waals surface area (Å²) in [6, 6.07) is 6.34. The summed E-state index contributed by atoms with van der Waals surface area (Å²) in [4.78, 5) is 14.6. The largest absolute Gasteiger partial charge is 0.348 e. The van der Waals surface area contributed by atoms with E-state index < -0.39 is 0 Å². The highest BCUT2D eigenvalue weighted by Gasteiger charge is 2.20. The molecular weight excluding hydrogens is 279 g/mol. The van der Waals surface area contributed by atoms with Gasteiger partial charge < -0.3 is 5.32 Å². The number of amides is 1. The molecule has 1 aromatic rings. The maximum absolute atomic E-state index is 13.1. The van der Waals surface area contributed by atoms with E-state index in [-0.39, 0.29) is 23.7 Å². The highest BCUT2D eigenvalue weighted by atomic mass is 19.1. The standard InChI is InChI=1S/C18H27FN2O/c1-14(2)18(15-7-9-16(19)10-8-15)20-17(22)13-21-11-5-3-4-6-12-21/h7-10,14,18H,3-6,11-13H2,1-2H3,(H,20,22). The number of carbonyl (C=O) groups excluding carboxylic acids is 1. The van der Waals surface area contributed by atoms with Gasteiger partial charge in [-0.2, -0.15) is 0 Å². The van der Waals surface area contributed by atoms with Crippen molar-refractivity contribution in [3.8, 4) is 0 Å². The highest BCUT2D eigenvalue weighted by Crippen LogP contribution is 2.22. The number of hydrogen-bond acceptors (Lipinski definition) is 2. The summed E-state index contributed by atoms with van der Waals surface area (Å²) >= 11 is 0. The molecule has 122 valence electrons. The predicted octanol–water partition coefficient (Wildman–Crippen LogP) is 3.52. The van der Waals surface area contributed by atoms with Crippen LogP contribution in [0.3, 0.4) is 0 Å². The zero-order valence-corrected chi connectivity index (χ0v) is 13.6. The van der Waals surface area contributed by atoms with Crippen LogP contribution in [0, 0.1) is 11.7 Å². The number of rotatable bonds is 5. The van der Waals surface area contributed by atoms with Crippen LogP contribution in [0.15, 0.2) is 24.3 Å². The van der Waals surface area contributed by atoms with Gasteiger partial charge in [-0.3, -0.25) is 9.69 Å². The molecule has 0 saturated carbocycles. The molecule has 0 bridgehead atoms. The minimum Gasteiger partial charge on any atom is -0.348 e. The highest BCUT2D eigenvalue weighted by molar-refractivity contribution is 5.78. The summed E-state index contributed by atoms with van der Waals surface area (Å²) in [5.74, 6) is 0.0746. The average molecular weight is 306 g/mol. The first-order valence-corrected chi connectivity index (χ1v) is 8.33. The molecular formula is C18H27FN2O. The van der Waals surface area contributed by atoms with Crippen molar-refractivity contribution in [1.29, 1.82) is 0 Å². The van der Waals surface area contributed by atoms with Crippen LogP contribution in [0.5, 0.6) is 0 Å².